The molecule has 1 aromatic heterocycles. The molecule has 5 heteroatoms. The first-order valence-corrected chi connectivity index (χ1v) is 5.01. The van der Waals surface area contributed by atoms with Crippen molar-refractivity contribution in [3.05, 3.63) is 11.6 Å². The van der Waals surface area contributed by atoms with E-state index in [1.807, 2.05) is 0 Å². The first-order chi connectivity index (χ1) is 6.86. The van der Waals surface area contributed by atoms with E-state index in [4.69, 9.17) is 10.5 Å². The lowest BCUT2D eigenvalue weighted by atomic mass is 10.1. The summed E-state index contributed by atoms with van der Waals surface area (Å²) in [6.07, 6.45) is 3.07. The van der Waals surface area contributed by atoms with Crippen LogP contribution in [0.25, 0.3) is 0 Å². The molecular formula is C9H16N4O. The average molecular weight is 196 g/mol. The molecule has 0 saturated heterocycles. The fourth-order valence-corrected chi connectivity index (χ4v) is 1.93. The van der Waals surface area contributed by atoms with Crippen molar-refractivity contribution in [2.45, 2.75) is 31.9 Å². The van der Waals surface area contributed by atoms with E-state index >= 15 is 0 Å². The van der Waals surface area contributed by atoms with Gasteiger partial charge in [-0.15, -0.1) is 10.2 Å². The maximum absolute atomic E-state index is 5.51. The zero-order valence-corrected chi connectivity index (χ0v) is 8.44. The van der Waals surface area contributed by atoms with Gasteiger partial charge in [0.05, 0.1) is 0 Å². The van der Waals surface area contributed by atoms with Crippen LogP contribution in [0.3, 0.4) is 0 Å². The number of aromatic nitrogens is 3. The largest absolute Gasteiger partial charge is 0.373 e. The lowest BCUT2D eigenvalue weighted by molar-refractivity contribution is 0.0713. The third-order valence-corrected chi connectivity index (χ3v) is 2.64. The Morgan fingerprint density at radius 3 is 3.14 bits per heavy atom. The van der Waals surface area contributed by atoms with Crippen LogP contribution < -0.4 is 5.73 Å². The van der Waals surface area contributed by atoms with Gasteiger partial charge in [0.25, 0.3) is 0 Å². The van der Waals surface area contributed by atoms with Gasteiger partial charge in [0, 0.05) is 20.1 Å². The van der Waals surface area contributed by atoms with Gasteiger partial charge in [-0.2, -0.15) is 0 Å². The predicted octanol–water partition coefficient (Wildman–Crippen LogP) is 0.261. The topological polar surface area (TPSA) is 66.0 Å². The Balaban J connectivity index is 2.28. The summed E-state index contributed by atoms with van der Waals surface area (Å²) in [6.45, 7) is 1.62. The standard InChI is InChI=1S/C9H16N4O/c1-14-7-3-2-6-13-8(4-5-10)11-12-9(7)13/h7H,2-6,10H2,1H3. The quantitative estimate of drug-likeness (QED) is 0.753. The van der Waals surface area contributed by atoms with Gasteiger partial charge >= 0.3 is 0 Å². The van der Waals surface area contributed by atoms with Gasteiger partial charge in [0.1, 0.15) is 11.9 Å². The van der Waals surface area contributed by atoms with E-state index in [9.17, 15) is 0 Å². The minimum atomic E-state index is 0.114. The van der Waals surface area contributed by atoms with E-state index in [0.717, 1.165) is 37.5 Å². The molecule has 0 radical (unpaired) electrons. The summed E-state index contributed by atoms with van der Waals surface area (Å²) >= 11 is 0. The molecule has 5 nitrogen and oxygen atoms in total. The molecule has 1 aliphatic heterocycles. The molecule has 1 unspecified atom stereocenters. The summed E-state index contributed by atoms with van der Waals surface area (Å²) in [4.78, 5) is 0. The number of ether oxygens (including phenoxy) is 1. The zero-order valence-electron chi connectivity index (χ0n) is 8.44. The molecule has 0 bridgehead atoms. The Kier molecular flexibility index (Phi) is 2.79. The molecule has 0 aliphatic carbocycles. The molecule has 78 valence electrons. The minimum Gasteiger partial charge on any atom is -0.373 e. The van der Waals surface area contributed by atoms with Crippen LogP contribution in [-0.2, 0) is 17.7 Å². The molecule has 1 aliphatic rings. The number of fused-ring (bicyclic) bond motifs is 1. The van der Waals surface area contributed by atoms with Crippen LogP contribution in [0.2, 0.25) is 0 Å². The highest BCUT2D eigenvalue weighted by atomic mass is 16.5. The van der Waals surface area contributed by atoms with Gasteiger partial charge < -0.3 is 15.0 Å². The van der Waals surface area contributed by atoms with Crippen molar-refractivity contribution in [3.63, 3.8) is 0 Å². The molecule has 2 heterocycles. The summed E-state index contributed by atoms with van der Waals surface area (Å²) in [7, 11) is 1.72. The van der Waals surface area contributed by atoms with E-state index < -0.39 is 0 Å². The van der Waals surface area contributed by atoms with Crippen molar-refractivity contribution in [1.82, 2.24) is 14.8 Å². The molecule has 0 amide bonds. The molecule has 2 rings (SSSR count). The normalized spacial score (nSPS) is 20.9. The molecule has 14 heavy (non-hydrogen) atoms. The maximum Gasteiger partial charge on any atom is 0.162 e. The summed E-state index contributed by atoms with van der Waals surface area (Å²) in [6, 6.07) is 0. The number of rotatable bonds is 3. The predicted molar refractivity (Wildman–Crippen MR) is 51.8 cm³/mol. The van der Waals surface area contributed by atoms with Crippen molar-refractivity contribution in [2.24, 2.45) is 5.73 Å². The van der Waals surface area contributed by atoms with Crippen LogP contribution in [0.4, 0.5) is 0 Å². The summed E-state index contributed by atoms with van der Waals surface area (Å²) in [5.74, 6) is 1.95. The second-order valence-corrected chi connectivity index (χ2v) is 3.53. The third kappa shape index (κ3) is 1.53. The highest BCUT2D eigenvalue weighted by Crippen LogP contribution is 2.26. The Labute approximate surface area is 83.3 Å². The lowest BCUT2D eigenvalue weighted by Crippen LogP contribution is -2.20. The average Bonchev–Trinajstić information content (AvgIpc) is 2.62. The maximum atomic E-state index is 5.51. The van der Waals surface area contributed by atoms with E-state index in [0.29, 0.717) is 6.54 Å². The van der Waals surface area contributed by atoms with Crippen LogP contribution >= 0.6 is 0 Å². The van der Waals surface area contributed by atoms with Crippen molar-refractivity contribution < 1.29 is 4.74 Å². The smallest absolute Gasteiger partial charge is 0.162 e. The van der Waals surface area contributed by atoms with Gasteiger partial charge in [0.2, 0.25) is 0 Å². The summed E-state index contributed by atoms with van der Waals surface area (Å²) < 4.78 is 7.50. The summed E-state index contributed by atoms with van der Waals surface area (Å²) in [5, 5.41) is 8.30. The highest BCUT2D eigenvalue weighted by Gasteiger charge is 2.24. The molecule has 0 aromatic carbocycles. The second kappa shape index (κ2) is 4.06. The molecule has 1 aromatic rings. The van der Waals surface area contributed by atoms with Gasteiger partial charge in [0.15, 0.2) is 5.82 Å². The number of hydrogen-bond donors (Lipinski definition) is 1. The van der Waals surface area contributed by atoms with Crippen LogP contribution in [0.5, 0.6) is 0 Å². The van der Waals surface area contributed by atoms with Crippen LogP contribution in [-0.4, -0.2) is 28.4 Å². The number of hydrogen-bond acceptors (Lipinski definition) is 4. The molecular weight excluding hydrogens is 180 g/mol. The van der Waals surface area contributed by atoms with Crippen LogP contribution in [0.1, 0.15) is 30.6 Å². The monoisotopic (exact) mass is 196 g/mol. The third-order valence-electron chi connectivity index (χ3n) is 2.64. The second-order valence-electron chi connectivity index (χ2n) is 3.53. The number of nitrogens with two attached hydrogens (primary N) is 1. The zero-order chi connectivity index (χ0) is 9.97. The summed E-state index contributed by atoms with van der Waals surface area (Å²) in [5.41, 5.74) is 5.51. The van der Waals surface area contributed by atoms with Gasteiger partial charge in [-0.3, -0.25) is 0 Å². The molecule has 0 saturated carbocycles. The van der Waals surface area contributed by atoms with Crippen molar-refractivity contribution >= 4 is 0 Å². The molecule has 0 spiro atoms. The lowest BCUT2D eigenvalue weighted by Gasteiger charge is -2.22. The van der Waals surface area contributed by atoms with E-state index in [1.165, 1.54) is 0 Å². The van der Waals surface area contributed by atoms with Crippen LogP contribution in [0, 0.1) is 0 Å². The Bertz CT molecular complexity index is 310. The van der Waals surface area contributed by atoms with Crippen molar-refractivity contribution in [1.29, 1.82) is 0 Å². The molecule has 2 N–H and O–H groups in total. The SMILES string of the molecule is COC1CCCn2c(CCN)nnc21. The van der Waals surface area contributed by atoms with Gasteiger partial charge in [-0.1, -0.05) is 0 Å². The number of nitrogens with zero attached hydrogens (tertiary/aromatic N) is 3. The van der Waals surface area contributed by atoms with E-state index in [1.54, 1.807) is 7.11 Å². The minimum absolute atomic E-state index is 0.114. The van der Waals surface area contributed by atoms with Crippen molar-refractivity contribution in [3.8, 4) is 0 Å². The first-order valence-electron chi connectivity index (χ1n) is 5.01. The Hall–Kier alpha value is -0.940. The van der Waals surface area contributed by atoms with Gasteiger partial charge in [-0.05, 0) is 19.4 Å². The molecule has 1 atom stereocenters. The highest BCUT2D eigenvalue weighted by molar-refractivity contribution is 5.02. The molecule has 0 fully saturated rings. The fourth-order valence-electron chi connectivity index (χ4n) is 1.93. The van der Waals surface area contributed by atoms with E-state index in [-0.39, 0.29) is 6.10 Å². The van der Waals surface area contributed by atoms with E-state index in [2.05, 4.69) is 14.8 Å². The Morgan fingerprint density at radius 2 is 2.43 bits per heavy atom. The van der Waals surface area contributed by atoms with Crippen molar-refractivity contribution in [2.75, 3.05) is 13.7 Å². The van der Waals surface area contributed by atoms with Crippen LogP contribution in [0.15, 0.2) is 0 Å². The number of methoxy groups -OCH3 is 1. The first kappa shape index (κ1) is 9.61. The fraction of sp³-hybridized carbons (Fsp3) is 0.778. The Morgan fingerprint density at radius 1 is 1.57 bits per heavy atom. The van der Waals surface area contributed by atoms with Gasteiger partial charge in [-0.25, -0.2) is 0 Å².